The predicted molar refractivity (Wildman–Crippen MR) is 370 cm³/mol. The molecule has 0 aromatic carbocycles. The van der Waals surface area contributed by atoms with Gasteiger partial charge in [-0.25, -0.2) is 0 Å². The van der Waals surface area contributed by atoms with E-state index in [9.17, 15) is 0 Å². The lowest BCUT2D eigenvalue weighted by Gasteiger charge is -1.88. The lowest BCUT2D eigenvalue weighted by Crippen LogP contribution is -1.66. The molecule has 0 aromatic rings. The van der Waals surface area contributed by atoms with E-state index in [1.54, 1.807) is 13.0 Å². The lowest BCUT2D eigenvalue weighted by atomic mass is 10.2. The molecule has 0 aromatic heterocycles. The Morgan fingerprint density at radius 1 is 0.370 bits per heavy atom. The number of rotatable bonds is 9. The predicted octanol–water partition coefficient (Wildman–Crippen LogP) is 27.6. The Balaban J connectivity index is -0.0000000276. The van der Waals surface area contributed by atoms with Gasteiger partial charge in [0.05, 0.1) is 6.08 Å². The van der Waals surface area contributed by atoms with Gasteiger partial charge >= 0.3 is 0 Å². The van der Waals surface area contributed by atoms with Gasteiger partial charge in [0.2, 0.25) is 0 Å². The third kappa shape index (κ3) is 1120. The average Bonchev–Trinajstić information content (AvgIpc) is 3.40. The van der Waals surface area contributed by atoms with E-state index >= 15 is 0 Å². The van der Waals surface area contributed by atoms with Gasteiger partial charge in [-0.05, 0) is 182 Å². The Morgan fingerprint density at radius 3 is 0.493 bits per heavy atom. The summed E-state index contributed by atoms with van der Waals surface area (Å²) in [4.78, 5) is 0. The first-order valence-electron chi connectivity index (χ1n) is 26.7. The van der Waals surface area contributed by atoms with Gasteiger partial charge in [0.15, 0.2) is 0 Å². The van der Waals surface area contributed by atoms with Crippen molar-refractivity contribution in [2.24, 2.45) is 0 Å². The Kier molecular flexibility index (Phi) is 399. The van der Waals surface area contributed by atoms with Gasteiger partial charge in [0, 0.05) is 13.5 Å². The molecule has 0 fully saturated rings. The second kappa shape index (κ2) is 239. The molecule has 432 valence electrons. The summed E-state index contributed by atoms with van der Waals surface area (Å²) in [5.41, 5.74) is 4.02. The summed E-state index contributed by atoms with van der Waals surface area (Å²) < 4.78 is 0. The standard InChI is InChI=1S/3C6H12.2C5H10.7C4H8.C4H6.C3H6.C3H5.C3H4.2C2H4/c1-5(2)6(3)4;2*1-3-5-6-4-2;2*1-3-5-4-2;1-4(2)3;7*1-3-4-2;3*1-3-2;2*1-2/h1-4H3;2*5-6H,3-4H2,1-2H3;2*3,5H,4H2,1-2H3;1H2,2-3H3;3*3-4H,1-2H3;3*3H,1,4H2,2H3;1-2H3;3H,1H2,2H3;3H,1-2H2;1H,2H3;2*1-2H2/q;;;;;;;;;;;;;;+1;;;/b;2*6-5+;2*5-3+;;3*4-3+;;;;;;;;;. The van der Waals surface area contributed by atoms with Crippen molar-refractivity contribution in [1.82, 2.24) is 0 Å². The normalized spacial score (nSPS) is 7.42. The summed E-state index contributed by atoms with van der Waals surface area (Å²) in [6.45, 7) is 90.5. The zero-order valence-electron chi connectivity index (χ0n) is 55.7. The molecule has 0 atom stereocenters. The second-order valence-electron chi connectivity index (χ2n) is 13.3. The van der Waals surface area contributed by atoms with E-state index in [2.05, 4.69) is 236 Å². The SMILES string of the molecule is C#CC.C/C=C/C.C/C=C/C.C/C=C/C.C/C=C/CC.C/C=C/CC.C=C.C=C.C=C(C)C.C=CC.C=CCC.C=CCC.C=CCC.C=C[CH2+].CC#CC.CC(C)=C(C)C.CC/C=C/CC.CC/C=C/CC. The minimum Gasteiger partial charge on any atom is -0.120 e. The van der Waals surface area contributed by atoms with Crippen LogP contribution in [0.2, 0.25) is 0 Å². The molecule has 0 unspecified atom stereocenters. The van der Waals surface area contributed by atoms with Gasteiger partial charge in [0.1, 0.15) is 0 Å². The highest BCUT2D eigenvalue weighted by atomic mass is 13.8. The van der Waals surface area contributed by atoms with Crippen LogP contribution in [-0.2, 0) is 0 Å². The molecular weight excluding hydrogens is 877 g/mol. The van der Waals surface area contributed by atoms with Crippen molar-refractivity contribution in [3.8, 4) is 24.2 Å². The highest BCUT2D eigenvalue weighted by Gasteiger charge is 1.75. The van der Waals surface area contributed by atoms with Gasteiger partial charge in [0.25, 0.3) is 0 Å². The minimum absolute atomic E-state index is 1.08. The van der Waals surface area contributed by atoms with Crippen LogP contribution in [0.4, 0.5) is 0 Å². The number of terminal acetylenes is 1. The van der Waals surface area contributed by atoms with Crippen molar-refractivity contribution in [2.45, 2.75) is 245 Å². The van der Waals surface area contributed by atoms with Crippen LogP contribution in [0.15, 0.2) is 198 Å². The monoisotopic (exact) mass is 1020 g/mol. The van der Waals surface area contributed by atoms with Crippen molar-refractivity contribution in [2.75, 3.05) is 0 Å². The van der Waals surface area contributed by atoms with Gasteiger partial charge < -0.3 is 0 Å². The van der Waals surface area contributed by atoms with E-state index in [4.69, 9.17) is 0 Å². The first-order valence-corrected chi connectivity index (χ1v) is 26.7. The van der Waals surface area contributed by atoms with Crippen molar-refractivity contribution in [1.29, 1.82) is 0 Å². The highest BCUT2D eigenvalue weighted by molar-refractivity contribution is 5.02. The Labute approximate surface area is 471 Å². The van der Waals surface area contributed by atoms with E-state index in [-0.39, 0.29) is 0 Å². The van der Waals surface area contributed by atoms with E-state index < -0.39 is 0 Å². The quantitative estimate of drug-likeness (QED) is 0.123. The molecule has 0 radical (unpaired) electrons. The van der Waals surface area contributed by atoms with Gasteiger partial charge in [-0.15, -0.1) is 83.4 Å². The van der Waals surface area contributed by atoms with Crippen molar-refractivity contribution in [3.05, 3.63) is 205 Å². The Morgan fingerprint density at radius 2 is 0.479 bits per heavy atom. The van der Waals surface area contributed by atoms with E-state index in [1.165, 1.54) is 48.5 Å². The smallest absolute Gasteiger partial charge is 0.0835 e. The minimum atomic E-state index is 1.08. The van der Waals surface area contributed by atoms with E-state index in [0.717, 1.165) is 32.1 Å². The van der Waals surface area contributed by atoms with E-state index in [1.807, 2.05) is 145 Å². The van der Waals surface area contributed by atoms with Gasteiger partial charge in [-0.3, -0.25) is 0 Å². The summed E-state index contributed by atoms with van der Waals surface area (Å²) in [6.07, 6.45) is 52.8. The summed E-state index contributed by atoms with van der Waals surface area (Å²) in [6, 6.07) is 0. The maximum Gasteiger partial charge on any atom is 0.0835 e. The van der Waals surface area contributed by atoms with Crippen LogP contribution in [-0.4, -0.2) is 0 Å². The molecule has 0 aliphatic rings. The molecule has 0 aliphatic carbocycles. The van der Waals surface area contributed by atoms with E-state index in [0.29, 0.717) is 0 Å². The fraction of sp³-hybridized carbons (Fsp3) is 0.493. The summed E-state index contributed by atoms with van der Waals surface area (Å²) in [5.74, 6) is 7.61. The fourth-order valence-electron chi connectivity index (χ4n) is 1.14. The molecule has 73 heavy (non-hydrogen) atoms. The second-order valence-corrected chi connectivity index (χ2v) is 13.3. The van der Waals surface area contributed by atoms with Gasteiger partial charge in [-0.1, -0.05) is 188 Å². The zero-order valence-corrected chi connectivity index (χ0v) is 55.7. The first-order chi connectivity index (χ1) is 34.7. The van der Waals surface area contributed by atoms with Crippen LogP contribution in [0, 0.1) is 31.1 Å². The summed E-state index contributed by atoms with van der Waals surface area (Å²) in [7, 11) is 0. The van der Waals surface area contributed by atoms with Crippen molar-refractivity contribution in [3.63, 3.8) is 0 Å². The van der Waals surface area contributed by atoms with Crippen LogP contribution in [0.25, 0.3) is 0 Å². The van der Waals surface area contributed by atoms with Crippen LogP contribution in [0.5, 0.6) is 0 Å². The van der Waals surface area contributed by atoms with Gasteiger partial charge in [-0.2, -0.15) is 0 Å². The molecule has 0 saturated heterocycles. The largest absolute Gasteiger partial charge is 0.120 e. The average molecular weight is 1020 g/mol. The lowest BCUT2D eigenvalue weighted by molar-refractivity contribution is 1.16. The summed E-state index contributed by atoms with van der Waals surface area (Å²) in [5, 5.41) is 0. The third-order valence-electron chi connectivity index (χ3n) is 5.33. The molecule has 0 heteroatoms. The number of hydrogen-bond donors (Lipinski definition) is 0. The van der Waals surface area contributed by atoms with Crippen LogP contribution in [0.3, 0.4) is 0 Å². The molecule has 0 bridgehead atoms. The van der Waals surface area contributed by atoms with Crippen molar-refractivity contribution < 1.29 is 0 Å². The topological polar surface area (TPSA) is 0 Å². The highest BCUT2D eigenvalue weighted by Crippen LogP contribution is 1.97. The maximum absolute atomic E-state index is 4.60. The molecule has 0 rings (SSSR count). The Hall–Kier alpha value is -5.17. The third-order valence-corrected chi connectivity index (χ3v) is 5.33. The molecule has 0 saturated carbocycles. The molecule has 0 N–H and O–H groups in total. The van der Waals surface area contributed by atoms with Crippen LogP contribution in [0.1, 0.15) is 245 Å². The zero-order chi connectivity index (χ0) is 62.7. The molecule has 0 aliphatic heterocycles. The Bertz CT molecular complexity index is 1010. The molecule has 0 heterocycles. The van der Waals surface area contributed by atoms with Crippen molar-refractivity contribution >= 4 is 0 Å². The van der Waals surface area contributed by atoms with Crippen LogP contribution < -0.4 is 0 Å². The molecular formula is C73H141+. The number of hydrogen-bond acceptors (Lipinski definition) is 0. The number of allylic oxidation sites excluding steroid dienone is 22. The maximum atomic E-state index is 4.60. The summed E-state index contributed by atoms with van der Waals surface area (Å²) >= 11 is 0. The first kappa shape index (κ1) is 122. The molecule has 0 amide bonds. The van der Waals surface area contributed by atoms with Crippen LogP contribution >= 0.6 is 0 Å². The molecule has 0 spiro atoms. The fourth-order valence-corrected chi connectivity index (χ4v) is 1.14. The molecule has 0 nitrogen and oxygen atoms in total.